The highest BCUT2D eigenvalue weighted by Gasteiger charge is 2.39. The Morgan fingerprint density at radius 2 is 1.89 bits per heavy atom. The van der Waals surface area contributed by atoms with Crippen molar-refractivity contribution in [3.8, 4) is 11.3 Å². The Kier molecular flexibility index (Phi) is 5.99. The highest BCUT2D eigenvalue weighted by Crippen LogP contribution is 2.34. The van der Waals surface area contributed by atoms with E-state index in [2.05, 4.69) is 20.4 Å². The van der Waals surface area contributed by atoms with Gasteiger partial charge in [0.2, 0.25) is 0 Å². The number of rotatable bonds is 5. The number of amides is 1. The molecule has 1 aliphatic heterocycles. The molecule has 0 spiro atoms. The minimum atomic E-state index is -0.0862. The molecule has 1 aromatic heterocycles. The Morgan fingerprint density at radius 3 is 2.61 bits per heavy atom. The van der Waals surface area contributed by atoms with Gasteiger partial charge in [-0.05, 0) is 25.0 Å². The highest BCUT2D eigenvalue weighted by atomic mass is 35.5. The second-order valence-corrected chi connectivity index (χ2v) is 8.17. The molecule has 28 heavy (non-hydrogen) atoms. The largest absolute Gasteiger partial charge is 0.379 e. The second-order valence-electron chi connectivity index (χ2n) is 7.73. The van der Waals surface area contributed by atoms with Gasteiger partial charge in [0.1, 0.15) is 0 Å². The number of nitrogens with one attached hydrogen (secondary N) is 2. The molecule has 0 atom stereocenters. The third-order valence-electron chi connectivity index (χ3n) is 6.06. The first-order valence-corrected chi connectivity index (χ1v) is 10.5. The lowest BCUT2D eigenvalue weighted by Crippen LogP contribution is -2.59. The van der Waals surface area contributed by atoms with Crippen LogP contribution in [0.1, 0.15) is 42.5 Å². The van der Waals surface area contributed by atoms with Crippen LogP contribution in [-0.2, 0) is 4.74 Å². The van der Waals surface area contributed by atoms with Crippen molar-refractivity contribution in [3.63, 3.8) is 0 Å². The number of halogens is 1. The summed E-state index contributed by atoms with van der Waals surface area (Å²) in [5.41, 5.74) is 2.23. The van der Waals surface area contributed by atoms with Crippen molar-refractivity contribution < 1.29 is 9.53 Å². The molecular weight excluding hydrogens is 376 g/mol. The van der Waals surface area contributed by atoms with Gasteiger partial charge < -0.3 is 10.1 Å². The van der Waals surface area contributed by atoms with Crippen LogP contribution in [0, 0.1) is 0 Å². The number of nitrogens with zero attached hydrogens (tertiary/aromatic N) is 2. The maximum Gasteiger partial charge on any atom is 0.255 e. The smallest absolute Gasteiger partial charge is 0.255 e. The van der Waals surface area contributed by atoms with Gasteiger partial charge in [-0.1, -0.05) is 43.0 Å². The molecule has 1 saturated carbocycles. The van der Waals surface area contributed by atoms with Crippen molar-refractivity contribution in [1.29, 1.82) is 0 Å². The van der Waals surface area contributed by atoms with Crippen LogP contribution in [0.5, 0.6) is 0 Å². The lowest BCUT2D eigenvalue weighted by molar-refractivity contribution is -0.0361. The van der Waals surface area contributed by atoms with Gasteiger partial charge in [0, 0.05) is 35.8 Å². The molecule has 1 aromatic carbocycles. The first kappa shape index (κ1) is 19.4. The Bertz CT molecular complexity index is 793. The highest BCUT2D eigenvalue weighted by molar-refractivity contribution is 6.30. The van der Waals surface area contributed by atoms with Gasteiger partial charge in [-0.2, -0.15) is 5.10 Å². The van der Waals surface area contributed by atoms with Crippen molar-refractivity contribution in [3.05, 3.63) is 41.0 Å². The molecular formula is C21H27ClN4O2. The molecule has 7 heteroatoms. The molecule has 2 aliphatic rings. The van der Waals surface area contributed by atoms with Gasteiger partial charge >= 0.3 is 0 Å². The van der Waals surface area contributed by atoms with Crippen LogP contribution in [0.3, 0.4) is 0 Å². The molecule has 0 unspecified atom stereocenters. The number of benzene rings is 1. The maximum absolute atomic E-state index is 13.0. The summed E-state index contributed by atoms with van der Waals surface area (Å²) in [6, 6.07) is 7.41. The fraction of sp³-hybridized carbons (Fsp3) is 0.524. The second kappa shape index (κ2) is 8.64. The van der Waals surface area contributed by atoms with Gasteiger partial charge in [-0.15, -0.1) is 0 Å². The van der Waals surface area contributed by atoms with Crippen LogP contribution in [0.25, 0.3) is 11.3 Å². The summed E-state index contributed by atoms with van der Waals surface area (Å²) >= 11 is 5.98. The Balaban J connectivity index is 1.48. The average molecular weight is 403 g/mol. The third kappa shape index (κ3) is 4.09. The summed E-state index contributed by atoms with van der Waals surface area (Å²) in [6.45, 7) is 4.10. The van der Waals surface area contributed by atoms with Crippen LogP contribution in [-0.4, -0.2) is 59.4 Å². The molecule has 4 rings (SSSR count). The minimum Gasteiger partial charge on any atom is -0.379 e. The quantitative estimate of drug-likeness (QED) is 0.803. The number of aromatic amines is 1. The van der Waals surface area contributed by atoms with Gasteiger partial charge in [0.15, 0.2) is 0 Å². The number of aromatic nitrogens is 2. The zero-order valence-electron chi connectivity index (χ0n) is 16.0. The van der Waals surface area contributed by atoms with Crippen molar-refractivity contribution >= 4 is 17.5 Å². The van der Waals surface area contributed by atoms with E-state index in [1.54, 1.807) is 6.20 Å². The molecule has 2 heterocycles. The first-order valence-electron chi connectivity index (χ1n) is 10.1. The van der Waals surface area contributed by atoms with Gasteiger partial charge in [0.25, 0.3) is 5.91 Å². The molecule has 0 bridgehead atoms. The molecule has 2 N–H and O–H groups in total. The number of hydrogen-bond donors (Lipinski definition) is 2. The molecule has 0 radical (unpaired) electrons. The van der Waals surface area contributed by atoms with E-state index >= 15 is 0 Å². The van der Waals surface area contributed by atoms with E-state index in [1.807, 2.05) is 24.3 Å². The monoisotopic (exact) mass is 402 g/mol. The predicted molar refractivity (Wildman–Crippen MR) is 110 cm³/mol. The lowest BCUT2D eigenvalue weighted by Gasteiger charge is -2.48. The summed E-state index contributed by atoms with van der Waals surface area (Å²) in [7, 11) is 0. The van der Waals surface area contributed by atoms with Crippen LogP contribution in [0.2, 0.25) is 5.02 Å². The predicted octanol–water partition coefficient (Wildman–Crippen LogP) is 3.50. The Morgan fingerprint density at radius 1 is 1.18 bits per heavy atom. The van der Waals surface area contributed by atoms with Gasteiger partial charge in [-0.25, -0.2) is 0 Å². The average Bonchev–Trinajstić information content (AvgIpc) is 3.24. The summed E-state index contributed by atoms with van der Waals surface area (Å²) in [6.07, 6.45) is 7.57. The molecule has 2 fully saturated rings. The van der Waals surface area contributed by atoms with E-state index in [4.69, 9.17) is 16.3 Å². The van der Waals surface area contributed by atoms with E-state index in [0.29, 0.717) is 17.1 Å². The van der Waals surface area contributed by atoms with E-state index in [1.165, 1.54) is 19.3 Å². The SMILES string of the molecule is O=C(NCC1(N2CCOCC2)CCCCC1)c1cn[nH]c1-c1ccc(Cl)cc1. The number of H-pyrrole nitrogens is 1. The summed E-state index contributed by atoms with van der Waals surface area (Å²) in [5.74, 6) is -0.0862. The first-order chi connectivity index (χ1) is 13.7. The third-order valence-corrected chi connectivity index (χ3v) is 6.31. The molecule has 1 saturated heterocycles. The van der Waals surface area contributed by atoms with E-state index < -0.39 is 0 Å². The fourth-order valence-corrected chi connectivity index (χ4v) is 4.61. The lowest BCUT2D eigenvalue weighted by atomic mass is 9.79. The zero-order valence-corrected chi connectivity index (χ0v) is 16.8. The number of hydrogen-bond acceptors (Lipinski definition) is 4. The summed E-state index contributed by atoms with van der Waals surface area (Å²) in [4.78, 5) is 15.5. The van der Waals surface area contributed by atoms with Crippen molar-refractivity contribution in [1.82, 2.24) is 20.4 Å². The van der Waals surface area contributed by atoms with Crippen LogP contribution in [0.15, 0.2) is 30.5 Å². The van der Waals surface area contributed by atoms with E-state index in [-0.39, 0.29) is 11.4 Å². The Labute approximate surface area is 170 Å². The Hall–Kier alpha value is -1.89. The molecule has 1 aliphatic carbocycles. The fourth-order valence-electron chi connectivity index (χ4n) is 4.49. The minimum absolute atomic E-state index is 0.0435. The van der Waals surface area contributed by atoms with Crippen LogP contribution >= 0.6 is 11.6 Å². The van der Waals surface area contributed by atoms with Crippen molar-refractivity contribution in [2.75, 3.05) is 32.8 Å². The van der Waals surface area contributed by atoms with E-state index in [0.717, 1.165) is 50.4 Å². The van der Waals surface area contributed by atoms with Crippen LogP contribution in [0.4, 0.5) is 0 Å². The standard InChI is InChI=1S/C21H27ClN4O2/c22-17-6-4-16(5-7-17)19-18(14-24-25-19)20(27)23-15-21(8-2-1-3-9-21)26-10-12-28-13-11-26/h4-7,14H,1-3,8-13,15H2,(H,23,27)(H,24,25). The topological polar surface area (TPSA) is 70.2 Å². The van der Waals surface area contributed by atoms with Crippen molar-refractivity contribution in [2.45, 2.75) is 37.6 Å². The van der Waals surface area contributed by atoms with Gasteiger partial charge in [0.05, 0.1) is 30.7 Å². The number of ether oxygens (including phenoxy) is 1. The molecule has 150 valence electrons. The van der Waals surface area contributed by atoms with Gasteiger partial charge in [-0.3, -0.25) is 14.8 Å². The summed E-state index contributed by atoms with van der Waals surface area (Å²) in [5, 5.41) is 10.9. The number of morpholine rings is 1. The molecule has 1 amide bonds. The maximum atomic E-state index is 13.0. The molecule has 2 aromatic rings. The molecule has 6 nitrogen and oxygen atoms in total. The number of carbonyl (C=O) groups excluding carboxylic acids is 1. The number of carbonyl (C=O) groups is 1. The zero-order chi connectivity index (χ0) is 19.4. The normalized spacial score (nSPS) is 20.0. The van der Waals surface area contributed by atoms with E-state index in [9.17, 15) is 4.79 Å². The van der Waals surface area contributed by atoms with Crippen LogP contribution < -0.4 is 5.32 Å². The summed E-state index contributed by atoms with van der Waals surface area (Å²) < 4.78 is 5.54. The van der Waals surface area contributed by atoms with Crippen molar-refractivity contribution in [2.24, 2.45) is 0 Å².